The van der Waals surface area contributed by atoms with Crippen LogP contribution in [0.25, 0.3) is 0 Å². The lowest BCUT2D eigenvalue weighted by Gasteiger charge is -2.38. The van der Waals surface area contributed by atoms with E-state index in [0.29, 0.717) is 18.1 Å². The van der Waals surface area contributed by atoms with E-state index < -0.39 is 0 Å². The summed E-state index contributed by atoms with van der Waals surface area (Å²) in [4.78, 5) is 2.61. The second-order valence-electron chi connectivity index (χ2n) is 5.67. The Morgan fingerprint density at radius 2 is 1.70 bits per heavy atom. The summed E-state index contributed by atoms with van der Waals surface area (Å²) in [6.45, 7) is 13.6. The first-order valence-electron chi connectivity index (χ1n) is 8.19. The quantitative estimate of drug-likeness (QED) is 0.726. The van der Waals surface area contributed by atoms with Crippen LogP contribution in [0.1, 0.15) is 59.1 Å². The Morgan fingerprint density at radius 3 is 2.20 bits per heavy atom. The van der Waals surface area contributed by atoms with Gasteiger partial charge >= 0.3 is 0 Å². The second kappa shape index (κ2) is 9.15. The molecule has 1 N–H and O–H groups in total. The number of likely N-dealkylation sites (N-methyl/N-ethyl adjacent to an activating group) is 1. The van der Waals surface area contributed by atoms with Crippen molar-refractivity contribution in [3.8, 4) is 0 Å². The predicted octanol–water partition coefficient (Wildman–Crippen LogP) is 4.24. The molecule has 3 atom stereocenters. The van der Waals surface area contributed by atoms with Crippen LogP contribution in [0, 0.1) is 0 Å². The Labute approximate surface area is 125 Å². The molecule has 0 aliphatic rings. The van der Waals surface area contributed by atoms with Crippen LogP contribution in [0.15, 0.2) is 30.3 Å². The van der Waals surface area contributed by atoms with Crippen molar-refractivity contribution in [2.24, 2.45) is 0 Å². The molecule has 0 radical (unpaired) electrons. The van der Waals surface area contributed by atoms with Crippen LogP contribution < -0.4 is 5.32 Å². The van der Waals surface area contributed by atoms with E-state index in [2.05, 4.69) is 75.2 Å². The molecule has 0 spiro atoms. The molecule has 1 aromatic carbocycles. The summed E-state index contributed by atoms with van der Waals surface area (Å²) in [6.07, 6.45) is 2.37. The van der Waals surface area contributed by atoms with Crippen LogP contribution in [0.2, 0.25) is 0 Å². The smallest absolute Gasteiger partial charge is 0.0475 e. The van der Waals surface area contributed by atoms with Gasteiger partial charge in [-0.1, -0.05) is 51.1 Å². The minimum atomic E-state index is 0.408. The number of hydrogen-bond donors (Lipinski definition) is 1. The van der Waals surface area contributed by atoms with Crippen molar-refractivity contribution < 1.29 is 0 Å². The maximum Gasteiger partial charge on any atom is 0.0475 e. The summed E-state index contributed by atoms with van der Waals surface area (Å²) < 4.78 is 0. The van der Waals surface area contributed by atoms with Gasteiger partial charge in [0.05, 0.1) is 0 Å². The van der Waals surface area contributed by atoms with Crippen molar-refractivity contribution in [3.63, 3.8) is 0 Å². The molecule has 3 unspecified atom stereocenters. The first kappa shape index (κ1) is 17.2. The standard InChI is InChI=1S/C18H32N2/c1-6-14-19-18(17-12-10-9-11-13-17)16(5)20(8-3)15(4)7-2/h9-13,15-16,18-19H,6-8,14H2,1-5H3. The van der Waals surface area contributed by atoms with Gasteiger partial charge in [-0.05, 0) is 45.3 Å². The lowest BCUT2D eigenvalue weighted by Crippen LogP contribution is -2.47. The highest BCUT2D eigenvalue weighted by atomic mass is 15.2. The van der Waals surface area contributed by atoms with Gasteiger partial charge in [0.1, 0.15) is 0 Å². The Hall–Kier alpha value is -0.860. The molecule has 0 aliphatic heterocycles. The van der Waals surface area contributed by atoms with Crippen LogP contribution in [-0.2, 0) is 0 Å². The lowest BCUT2D eigenvalue weighted by atomic mass is 9.97. The molecule has 114 valence electrons. The molecule has 20 heavy (non-hydrogen) atoms. The van der Waals surface area contributed by atoms with Gasteiger partial charge in [0, 0.05) is 18.1 Å². The SMILES string of the molecule is CCCNC(c1ccccc1)C(C)N(CC)C(C)CC. The second-order valence-corrected chi connectivity index (χ2v) is 5.67. The van der Waals surface area contributed by atoms with E-state index in [9.17, 15) is 0 Å². The Kier molecular flexibility index (Phi) is 7.86. The molecule has 1 rings (SSSR count). The summed E-state index contributed by atoms with van der Waals surface area (Å²) >= 11 is 0. The number of hydrogen-bond acceptors (Lipinski definition) is 2. The summed E-state index contributed by atoms with van der Waals surface area (Å²) in [5, 5.41) is 3.74. The Balaban J connectivity index is 2.91. The molecule has 0 fully saturated rings. The first-order chi connectivity index (χ1) is 9.65. The highest BCUT2D eigenvalue weighted by molar-refractivity contribution is 5.20. The third-order valence-corrected chi connectivity index (χ3v) is 4.30. The van der Waals surface area contributed by atoms with Crippen molar-refractivity contribution >= 4 is 0 Å². The molecule has 0 heterocycles. The molecular weight excluding hydrogens is 244 g/mol. The van der Waals surface area contributed by atoms with Crippen molar-refractivity contribution in [2.75, 3.05) is 13.1 Å². The van der Waals surface area contributed by atoms with Crippen molar-refractivity contribution in [2.45, 2.75) is 65.6 Å². The van der Waals surface area contributed by atoms with Gasteiger partial charge in [-0.25, -0.2) is 0 Å². The fourth-order valence-electron chi connectivity index (χ4n) is 2.95. The summed E-state index contributed by atoms with van der Waals surface area (Å²) in [5.74, 6) is 0. The Morgan fingerprint density at radius 1 is 1.05 bits per heavy atom. The van der Waals surface area contributed by atoms with E-state index in [1.165, 1.54) is 18.4 Å². The Bertz CT molecular complexity index is 350. The van der Waals surface area contributed by atoms with Gasteiger partial charge in [-0.2, -0.15) is 0 Å². The maximum atomic E-state index is 3.74. The fourth-order valence-corrected chi connectivity index (χ4v) is 2.95. The van der Waals surface area contributed by atoms with Gasteiger partial charge in [0.2, 0.25) is 0 Å². The first-order valence-corrected chi connectivity index (χ1v) is 8.19. The van der Waals surface area contributed by atoms with Crippen molar-refractivity contribution in [1.82, 2.24) is 10.2 Å². The molecule has 0 bridgehead atoms. The topological polar surface area (TPSA) is 15.3 Å². The fraction of sp³-hybridized carbons (Fsp3) is 0.667. The molecule has 0 saturated carbocycles. The molecule has 2 nitrogen and oxygen atoms in total. The number of rotatable bonds is 9. The van der Waals surface area contributed by atoms with Gasteiger partial charge < -0.3 is 5.32 Å². The van der Waals surface area contributed by atoms with Gasteiger partial charge in [-0.15, -0.1) is 0 Å². The van der Waals surface area contributed by atoms with Crippen LogP contribution in [0.4, 0.5) is 0 Å². The monoisotopic (exact) mass is 276 g/mol. The maximum absolute atomic E-state index is 3.74. The van der Waals surface area contributed by atoms with Crippen LogP contribution in [0.5, 0.6) is 0 Å². The highest BCUT2D eigenvalue weighted by Crippen LogP contribution is 2.23. The average Bonchev–Trinajstić information content (AvgIpc) is 2.49. The molecule has 0 amide bonds. The zero-order valence-electron chi connectivity index (χ0n) is 13.9. The normalized spacial score (nSPS) is 16.1. The van der Waals surface area contributed by atoms with E-state index in [1.54, 1.807) is 0 Å². The van der Waals surface area contributed by atoms with Crippen molar-refractivity contribution in [1.29, 1.82) is 0 Å². The van der Waals surface area contributed by atoms with Crippen LogP contribution in [0.3, 0.4) is 0 Å². The van der Waals surface area contributed by atoms with Crippen LogP contribution in [-0.4, -0.2) is 30.1 Å². The summed E-state index contributed by atoms with van der Waals surface area (Å²) in [7, 11) is 0. The lowest BCUT2D eigenvalue weighted by molar-refractivity contribution is 0.127. The van der Waals surface area contributed by atoms with E-state index >= 15 is 0 Å². The molecule has 2 heteroatoms. The predicted molar refractivity (Wildman–Crippen MR) is 89.1 cm³/mol. The average molecular weight is 276 g/mol. The van der Waals surface area contributed by atoms with Gasteiger partial charge in [0.15, 0.2) is 0 Å². The molecule has 0 saturated heterocycles. The number of nitrogens with one attached hydrogen (secondary N) is 1. The minimum Gasteiger partial charge on any atom is -0.309 e. The zero-order chi connectivity index (χ0) is 15.0. The molecule has 0 aromatic heterocycles. The zero-order valence-corrected chi connectivity index (χ0v) is 13.9. The third-order valence-electron chi connectivity index (χ3n) is 4.30. The largest absolute Gasteiger partial charge is 0.309 e. The van der Waals surface area contributed by atoms with Gasteiger partial charge in [-0.3, -0.25) is 4.90 Å². The molecular formula is C18H32N2. The molecule has 1 aromatic rings. The van der Waals surface area contributed by atoms with E-state index in [-0.39, 0.29) is 0 Å². The van der Waals surface area contributed by atoms with Crippen LogP contribution >= 0.6 is 0 Å². The van der Waals surface area contributed by atoms with E-state index in [0.717, 1.165) is 13.1 Å². The number of benzene rings is 1. The van der Waals surface area contributed by atoms with Gasteiger partial charge in [0.25, 0.3) is 0 Å². The summed E-state index contributed by atoms with van der Waals surface area (Å²) in [5.41, 5.74) is 1.40. The van der Waals surface area contributed by atoms with E-state index in [1.807, 2.05) is 0 Å². The molecule has 0 aliphatic carbocycles. The third kappa shape index (κ3) is 4.60. The number of nitrogens with zero attached hydrogens (tertiary/aromatic N) is 1. The summed E-state index contributed by atoms with van der Waals surface area (Å²) in [6, 6.07) is 12.4. The minimum absolute atomic E-state index is 0.408. The van der Waals surface area contributed by atoms with E-state index in [4.69, 9.17) is 0 Å². The highest BCUT2D eigenvalue weighted by Gasteiger charge is 2.25. The van der Waals surface area contributed by atoms with Crippen molar-refractivity contribution in [3.05, 3.63) is 35.9 Å².